The zero-order valence-corrected chi connectivity index (χ0v) is 23.0. The number of aryl methyl sites for hydroxylation is 2. The molecule has 0 fully saturated rings. The van der Waals surface area contributed by atoms with Gasteiger partial charge in [0, 0.05) is 19.0 Å². The highest BCUT2D eigenvalue weighted by Gasteiger charge is 2.37. The lowest BCUT2D eigenvalue weighted by molar-refractivity contribution is -0.143. The normalized spacial score (nSPS) is 13.0. The van der Waals surface area contributed by atoms with Crippen molar-refractivity contribution in [3.8, 4) is 0 Å². The van der Waals surface area contributed by atoms with Gasteiger partial charge in [0.15, 0.2) is 0 Å². The average Bonchev–Trinajstić information content (AvgIpc) is 2.78. The van der Waals surface area contributed by atoms with Crippen molar-refractivity contribution >= 4 is 17.9 Å². The third-order valence-corrected chi connectivity index (χ3v) is 5.61. The molecule has 2 atom stereocenters. The van der Waals surface area contributed by atoms with Gasteiger partial charge in [-0.15, -0.1) is 0 Å². The van der Waals surface area contributed by atoms with E-state index in [9.17, 15) is 19.5 Å². The fraction of sp³-hybridized carbons (Fsp3) is 0.483. The monoisotopic (exact) mass is 511 g/mol. The van der Waals surface area contributed by atoms with Crippen LogP contribution in [0.4, 0.5) is 4.79 Å². The fourth-order valence-corrected chi connectivity index (χ4v) is 4.12. The van der Waals surface area contributed by atoms with E-state index in [-0.39, 0.29) is 31.5 Å². The number of nitrogens with one attached hydrogen (secondary N) is 2. The molecule has 2 unspecified atom stereocenters. The predicted molar refractivity (Wildman–Crippen MR) is 144 cm³/mol. The van der Waals surface area contributed by atoms with Crippen LogP contribution < -0.4 is 10.6 Å². The van der Waals surface area contributed by atoms with E-state index in [4.69, 9.17) is 4.74 Å². The van der Waals surface area contributed by atoms with Crippen molar-refractivity contribution in [2.24, 2.45) is 0 Å². The lowest BCUT2D eigenvalue weighted by Gasteiger charge is -2.35. The Morgan fingerprint density at radius 2 is 1.65 bits per heavy atom. The SMILES string of the molecule is Cc1ccc(C(C(=O)NC(C)C)N(CCO)C(=O)C(Cc2ccccc2)NC(=O)OC(C)(C)C)c(C)c1. The van der Waals surface area contributed by atoms with Crippen LogP contribution in [0.2, 0.25) is 0 Å². The Bertz CT molecular complexity index is 1060. The molecule has 0 spiro atoms. The molecule has 0 aliphatic rings. The maximum absolute atomic E-state index is 14.1. The Balaban J connectivity index is 2.54. The molecule has 0 aromatic heterocycles. The molecule has 2 rings (SSSR count). The lowest BCUT2D eigenvalue weighted by atomic mass is 9.95. The van der Waals surface area contributed by atoms with E-state index in [1.165, 1.54) is 4.90 Å². The molecule has 2 aromatic carbocycles. The van der Waals surface area contributed by atoms with Crippen LogP contribution in [0.25, 0.3) is 0 Å². The van der Waals surface area contributed by atoms with Crippen LogP contribution in [0.3, 0.4) is 0 Å². The first-order chi connectivity index (χ1) is 17.3. The summed E-state index contributed by atoms with van der Waals surface area (Å²) in [5, 5.41) is 15.5. The minimum Gasteiger partial charge on any atom is -0.444 e. The molecule has 3 amide bonds. The van der Waals surface area contributed by atoms with Gasteiger partial charge in [0.2, 0.25) is 11.8 Å². The van der Waals surface area contributed by atoms with Gasteiger partial charge in [-0.3, -0.25) is 9.59 Å². The number of aliphatic hydroxyl groups excluding tert-OH is 1. The number of carbonyl (C=O) groups excluding carboxylic acids is 3. The molecule has 0 aliphatic heterocycles. The molecule has 0 bridgehead atoms. The second-order valence-electron chi connectivity index (χ2n) is 10.6. The van der Waals surface area contributed by atoms with Crippen LogP contribution in [-0.2, 0) is 20.7 Å². The van der Waals surface area contributed by atoms with Crippen LogP contribution in [0.15, 0.2) is 48.5 Å². The van der Waals surface area contributed by atoms with Gasteiger partial charge in [-0.2, -0.15) is 0 Å². The maximum Gasteiger partial charge on any atom is 0.408 e. The molecule has 0 aliphatic carbocycles. The Kier molecular flexibility index (Phi) is 10.7. The molecule has 0 heterocycles. The number of alkyl carbamates (subject to hydrolysis) is 1. The average molecular weight is 512 g/mol. The summed E-state index contributed by atoms with van der Waals surface area (Å²) in [6.07, 6.45) is -0.549. The van der Waals surface area contributed by atoms with E-state index in [0.29, 0.717) is 5.56 Å². The summed E-state index contributed by atoms with van der Waals surface area (Å²) in [5.74, 6) is -0.855. The molecule has 202 valence electrons. The van der Waals surface area contributed by atoms with Gasteiger partial charge in [0.25, 0.3) is 0 Å². The Hall–Kier alpha value is -3.39. The Labute approximate surface area is 220 Å². The quantitative estimate of drug-likeness (QED) is 0.449. The standard InChI is InChI=1S/C29H41N3O5/c1-19(2)30-26(34)25(23-14-13-20(3)17-21(23)4)32(15-16-33)27(35)24(18-22-11-9-8-10-12-22)31-28(36)37-29(5,6)7/h8-14,17,19,24-25,33H,15-16,18H2,1-7H3,(H,30,34)(H,31,36). The van der Waals surface area contributed by atoms with Crippen LogP contribution in [0, 0.1) is 13.8 Å². The van der Waals surface area contributed by atoms with Crippen molar-refractivity contribution in [3.05, 3.63) is 70.8 Å². The third kappa shape index (κ3) is 9.21. The number of amides is 3. The third-order valence-electron chi connectivity index (χ3n) is 5.61. The largest absolute Gasteiger partial charge is 0.444 e. The number of aliphatic hydroxyl groups is 1. The van der Waals surface area contributed by atoms with Gasteiger partial charge in [0.05, 0.1) is 6.61 Å². The van der Waals surface area contributed by atoms with Crippen molar-refractivity contribution in [2.45, 2.75) is 78.6 Å². The second-order valence-corrected chi connectivity index (χ2v) is 10.6. The second kappa shape index (κ2) is 13.2. The van der Waals surface area contributed by atoms with Crippen molar-refractivity contribution in [3.63, 3.8) is 0 Å². The van der Waals surface area contributed by atoms with Gasteiger partial charge < -0.3 is 25.4 Å². The number of hydrogen-bond donors (Lipinski definition) is 3. The van der Waals surface area contributed by atoms with E-state index >= 15 is 0 Å². The summed E-state index contributed by atoms with van der Waals surface area (Å²) in [5.41, 5.74) is 2.60. The fourth-order valence-electron chi connectivity index (χ4n) is 4.12. The zero-order valence-electron chi connectivity index (χ0n) is 23.0. The van der Waals surface area contributed by atoms with Crippen molar-refractivity contribution in [1.82, 2.24) is 15.5 Å². The van der Waals surface area contributed by atoms with Crippen molar-refractivity contribution in [2.75, 3.05) is 13.2 Å². The van der Waals surface area contributed by atoms with Gasteiger partial charge in [-0.25, -0.2) is 4.79 Å². The van der Waals surface area contributed by atoms with E-state index < -0.39 is 29.7 Å². The molecule has 8 heteroatoms. The first-order valence-electron chi connectivity index (χ1n) is 12.6. The van der Waals surface area contributed by atoms with Gasteiger partial charge in [-0.05, 0) is 65.2 Å². The first-order valence-corrected chi connectivity index (χ1v) is 12.6. The molecule has 0 saturated heterocycles. The van der Waals surface area contributed by atoms with Crippen LogP contribution in [0.5, 0.6) is 0 Å². The topological polar surface area (TPSA) is 108 Å². The number of nitrogens with zero attached hydrogens (tertiary/aromatic N) is 1. The lowest BCUT2D eigenvalue weighted by Crippen LogP contribution is -2.55. The predicted octanol–water partition coefficient (Wildman–Crippen LogP) is 3.83. The van der Waals surface area contributed by atoms with E-state index in [0.717, 1.165) is 16.7 Å². The highest BCUT2D eigenvalue weighted by Crippen LogP contribution is 2.27. The van der Waals surface area contributed by atoms with Crippen LogP contribution in [0.1, 0.15) is 62.9 Å². The molecule has 2 aromatic rings. The number of carbonyl (C=O) groups is 3. The summed E-state index contributed by atoms with van der Waals surface area (Å²) in [6.45, 7) is 12.3. The summed E-state index contributed by atoms with van der Waals surface area (Å²) in [6, 6.07) is 12.8. The zero-order chi connectivity index (χ0) is 27.8. The summed E-state index contributed by atoms with van der Waals surface area (Å²) < 4.78 is 5.42. The van der Waals surface area contributed by atoms with Crippen molar-refractivity contribution < 1.29 is 24.2 Å². The summed E-state index contributed by atoms with van der Waals surface area (Å²) >= 11 is 0. The van der Waals surface area contributed by atoms with Gasteiger partial charge >= 0.3 is 6.09 Å². The number of benzene rings is 2. The Morgan fingerprint density at radius 1 is 1.00 bits per heavy atom. The highest BCUT2D eigenvalue weighted by atomic mass is 16.6. The van der Waals surface area contributed by atoms with Crippen LogP contribution in [-0.4, -0.2) is 58.8 Å². The first kappa shape index (κ1) is 29.8. The smallest absolute Gasteiger partial charge is 0.408 e. The number of ether oxygens (including phenoxy) is 1. The summed E-state index contributed by atoms with van der Waals surface area (Å²) in [4.78, 5) is 41.7. The molecule has 8 nitrogen and oxygen atoms in total. The van der Waals surface area contributed by atoms with Crippen molar-refractivity contribution in [1.29, 1.82) is 0 Å². The molecule has 37 heavy (non-hydrogen) atoms. The Morgan fingerprint density at radius 3 is 2.19 bits per heavy atom. The molecule has 0 saturated carbocycles. The van der Waals surface area contributed by atoms with E-state index in [1.807, 2.05) is 76.2 Å². The van der Waals surface area contributed by atoms with E-state index in [2.05, 4.69) is 10.6 Å². The minimum atomic E-state index is -1.02. The molecule has 0 radical (unpaired) electrons. The van der Waals surface area contributed by atoms with Gasteiger partial charge in [0.1, 0.15) is 17.7 Å². The highest BCUT2D eigenvalue weighted by molar-refractivity contribution is 5.92. The molecule has 3 N–H and O–H groups in total. The maximum atomic E-state index is 14.1. The number of hydrogen-bond acceptors (Lipinski definition) is 5. The summed E-state index contributed by atoms with van der Waals surface area (Å²) in [7, 11) is 0. The molecular weight excluding hydrogens is 470 g/mol. The molecular formula is C29H41N3O5. The minimum absolute atomic E-state index is 0.0936. The van der Waals surface area contributed by atoms with E-state index in [1.54, 1.807) is 20.8 Å². The van der Waals surface area contributed by atoms with Gasteiger partial charge in [-0.1, -0.05) is 54.1 Å². The van der Waals surface area contributed by atoms with Crippen LogP contribution >= 0.6 is 0 Å². The number of rotatable bonds is 10.